The summed E-state index contributed by atoms with van der Waals surface area (Å²) in [6.45, 7) is 9.49. The Morgan fingerprint density at radius 2 is 1.45 bits per heavy atom. The third kappa shape index (κ3) is 6.13. The van der Waals surface area contributed by atoms with Gasteiger partial charge in [-0.25, -0.2) is 0 Å². The quantitative estimate of drug-likeness (QED) is 0.620. The van der Waals surface area contributed by atoms with Crippen molar-refractivity contribution in [2.24, 2.45) is 5.73 Å². The molecular formula is C18H38N2. The van der Waals surface area contributed by atoms with Gasteiger partial charge in [-0.1, -0.05) is 58.3 Å². The van der Waals surface area contributed by atoms with Crippen molar-refractivity contribution in [1.82, 2.24) is 4.90 Å². The van der Waals surface area contributed by atoms with Crippen LogP contribution in [0.1, 0.15) is 91.4 Å². The molecular weight excluding hydrogens is 244 g/mol. The second kappa shape index (κ2) is 9.78. The summed E-state index contributed by atoms with van der Waals surface area (Å²) in [6, 6.07) is 0.326. The van der Waals surface area contributed by atoms with Gasteiger partial charge in [0.2, 0.25) is 0 Å². The van der Waals surface area contributed by atoms with Gasteiger partial charge >= 0.3 is 0 Å². The third-order valence-corrected chi connectivity index (χ3v) is 5.20. The maximum absolute atomic E-state index is 6.53. The van der Waals surface area contributed by atoms with Crippen LogP contribution in [-0.4, -0.2) is 29.6 Å². The lowest BCUT2D eigenvalue weighted by Crippen LogP contribution is -2.56. The first-order chi connectivity index (χ1) is 9.59. The van der Waals surface area contributed by atoms with Crippen molar-refractivity contribution in [3.63, 3.8) is 0 Å². The third-order valence-electron chi connectivity index (χ3n) is 5.20. The van der Waals surface area contributed by atoms with Gasteiger partial charge in [0.1, 0.15) is 0 Å². The van der Waals surface area contributed by atoms with Gasteiger partial charge in [0.05, 0.1) is 0 Å². The van der Waals surface area contributed by atoms with E-state index in [2.05, 4.69) is 25.7 Å². The van der Waals surface area contributed by atoms with Gasteiger partial charge < -0.3 is 5.73 Å². The number of hydrogen-bond acceptors (Lipinski definition) is 2. The highest BCUT2D eigenvalue weighted by atomic mass is 15.2. The summed E-state index contributed by atoms with van der Waals surface area (Å²) < 4.78 is 0. The summed E-state index contributed by atoms with van der Waals surface area (Å²) in [5, 5.41) is 0. The van der Waals surface area contributed by atoms with Gasteiger partial charge in [-0.3, -0.25) is 4.90 Å². The van der Waals surface area contributed by atoms with E-state index in [9.17, 15) is 0 Å². The van der Waals surface area contributed by atoms with Crippen LogP contribution >= 0.6 is 0 Å². The average Bonchev–Trinajstić information content (AvgIpc) is 2.71. The molecule has 0 aliphatic carbocycles. The second-order valence-corrected chi connectivity index (χ2v) is 7.22. The van der Waals surface area contributed by atoms with Gasteiger partial charge in [-0.05, 0) is 46.2 Å². The van der Waals surface area contributed by atoms with Gasteiger partial charge in [0.15, 0.2) is 0 Å². The van der Waals surface area contributed by atoms with Gasteiger partial charge in [0, 0.05) is 11.6 Å². The summed E-state index contributed by atoms with van der Waals surface area (Å²) in [5.74, 6) is 0. The lowest BCUT2D eigenvalue weighted by molar-refractivity contribution is 0.0938. The van der Waals surface area contributed by atoms with Gasteiger partial charge in [-0.2, -0.15) is 0 Å². The molecule has 0 amide bonds. The molecule has 1 unspecified atom stereocenters. The minimum atomic E-state index is 0.174. The van der Waals surface area contributed by atoms with Crippen molar-refractivity contribution in [3.05, 3.63) is 0 Å². The van der Waals surface area contributed by atoms with Crippen LogP contribution in [0.2, 0.25) is 0 Å². The Labute approximate surface area is 127 Å². The van der Waals surface area contributed by atoms with Crippen LogP contribution in [0.5, 0.6) is 0 Å². The number of unbranched alkanes of at least 4 members (excludes halogenated alkanes) is 5. The topological polar surface area (TPSA) is 29.3 Å². The van der Waals surface area contributed by atoms with Crippen LogP contribution in [0.25, 0.3) is 0 Å². The molecule has 1 fully saturated rings. The Morgan fingerprint density at radius 3 is 2.05 bits per heavy atom. The molecule has 120 valence electrons. The molecule has 2 N–H and O–H groups in total. The molecule has 1 aliphatic rings. The average molecular weight is 283 g/mol. The Morgan fingerprint density at radius 1 is 0.900 bits per heavy atom. The molecule has 0 aromatic carbocycles. The minimum absolute atomic E-state index is 0.174. The van der Waals surface area contributed by atoms with E-state index in [4.69, 9.17) is 5.73 Å². The maximum atomic E-state index is 6.53. The van der Waals surface area contributed by atoms with E-state index in [1.54, 1.807) is 0 Å². The molecule has 2 heteroatoms. The highest BCUT2D eigenvalue weighted by Gasteiger charge is 2.32. The summed E-state index contributed by atoms with van der Waals surface area (Å²) in [4.78, 5) is 2.65. The zero-order valence-electron chi connectivity index (χ0n) is 14.3. The largest absolute Gasteiger partial charge is 0.326 e. The number of nitrogens with two attached hydrogens (primary N) is 1. The fraction of sp³-hybridized carbons (Fsp3) is 1.00. The monoisotopic (exact) mass is 282 g/mol. The van der Waals surface area contributed by atoms with Gasteiger partial charge in [0.25, 0.3) is 0 Å². The molecule has 0 radical (unpaired) electrons. The Kier molecular flexibility index (Phi) is 8.79. The molecule has 1 heterocycles. The van der Waals surface area contributed by atoms with Crippen molar-refractivity contribution in [1.29, 1.82) is 0 Å². The minimum Gasteiger partial charge on any atom is -0.326 e. The van der Waals surface area contributed by atoms with Crippen molar-refractivity contribution < 1.29 is 0 Å². The SMILES string of the molecule is CCCCCCCCC(N)C(C)(C)N1CCCCCC1. The Hall–Kier alpha value is -0.0800. The van der Waals surface area contributed by atoms with E-state index in [0.717, 1.165) is 0 Å². The summed E-state index contributed by atoms with van der Waals surface area (Å²) in [6.07, 6.45) is 14.9. The highest BCUT2D eigenvalue weighted by molar-refractivity contribution is 4.92. The first-order valence-electron chi connectivity index (χ1n) is 9.09. The fourth-order valence-corrected chi connectivity index (χ4v) is 3.38. The maximum Gasteiger partial charge on any atom is 0.0304 e. The van der Waals surface area contributed by atoms with E-state index < -0.39 is 0 Å². The number of rotatable bonds is 9. The highest BCUT2D eigenvalue weighted by Crippen LogP contribution is 2.25. The van der Waals surface area contributed by atoms with E-state index in [0.29, 0.717) is 6.04 Å². The van der Waals surface area contributed by atoms with Crippen LogP contribution in [-0.2, 0) is 0 Å². The fourth-order valence-electron chi connectivity index (χ4n) is 3.38. The molecule has 0 bridgehead atoms. The summed E-state index contributed by atoms with van der Waals surface area (Å²) in [5.41, 5.74) is 6.71. The van der Waals surface area contributed by atoms with E-state index in [-0.39, 0.29) is 5.54 Å². The van der Waals surface area contributed by atoms with Crippen LogP contribution in [0.15, 0.2) is 0 Å². The smallest absolute Gasteiger partial charge is 0.0304 e. The van der Waals surface area contributed by atoms with Crippen molar-refractivity contribution in [2.45, 2.75) is 103 Å². The van der Waals surface area contributed by atoms with E-state index in [1.807, 2.05) is 0 Å². The second-order valence-electron chi connectivity index (χ2n) is 7.22. The lowest BCUT2D eigenvalue weighted by atomic mass is 9.88. The molecule has 20 heavy (non-hydrogen) atoms. The lowest BCUT2D eigenvalue weighted by Gasteiger charge is -2.42. The van der Waals surface area contributed by atoms with Crippen LogP contribution in [0.3, 0.4) is 0 Å². The zero-order chi connectivity index (χ0) is 14.8. The molecule has 0 aromatic rings. The van der Waals surface area contributed by atoms with Crippen molar-refractivity contribution >= 4 is 0 Å². The van der Waals surface area contributed by atoms with Crippen molar-refractivity contribution in [3.8, 4) is 0 Å². The first-order valence-corrected chi connectivity index (χ1v) is 9.09. The number of hydrogen-bond donors (Lipinski definition) is 1. The number of likely N-dealkylation sites (tertiary alicyclic amines) is 1. The molecule has 1 atom stereocenters. The van der Waals surface area contributed by atoms with E-state index >= 15 is 0 Å². The standard InChI is InChI=1S/C18H38N2/c1-4-5-6-7-8-11-14-17(19)18(2,3)20-15-12-9-10-13-16-20/h17H,4-16,19H2,1-3H3. The molecule has 1 saturated heterocycles. The van der Waals surface area contributed by atoms with Crippen LogP contribution < -0.4 is 5.73 Å². The predicted octanol–water partition coefficient (Wildman–Crippen LogP) is 4.72. The Balaban J connectivity index is 2.26. The predicted molar refractivity (Wildman–Crippen MR) is 90.1 cm³/mol. The molecule has 0 spiro atoms. The number of nitrogens with zero attached hydrogens (tertiary/aromatic N) is 1. The molecule has 2 nitrogen and oxygen atoms in total. The van der Waals surface area contributed by atoms with Crippen molar-refractivity contribution in [2.75, 3.05) is 13.1 Å². The van der Waals surface area contributed by atoms with Crippen LogP contribution in [0.4, 0.5) is 0 Å². The molecule has 1 aliphatic heterocycles. The Bertz CT molecular complexity index is 230. The first kappa shape index (κ1) is 18.0. The molecule has 1 rings (SSSR count). The molecule has 0 aromatic heterocycles. The normalized spacial score (nSPS) is 19.8. The summed E-state index contributed by atoms with van der Waals surface area (Å²) >= 11 is 0. The van der Waals surface area contributed by atoms with E-state index in [1.165, 1.54) is 83.7 Å². The summed E-state index contributed by atoms with van der Waals surface area (Å²) in [7, 11) is 0. The van der Waals surface area contributed by atoms with Gasteiger partial charge in [-0.15, -0.1) is 0 Å². The molecule has 0 saturated carbocycles. The zero-order valence-corrected chi connectivity index (χ0v) is 14.3. The van der Waals surface area contributed by atoms with Crippen LogP contribution in [0, 0.1) is 0 Å².